The third kappa shape index (κ3) is 3.21. The predicted molar refractivity (Wildman–Crippen MR) is 110 cm³/mol. The molecule has 1 amide bonds. The number of hydrogen-bond donors (Lipinski definition) is 2. The highest BCUT2D eigenvalue weighted by Gasteiger charge is 2.36. The van der Waals surface area contributed by atoms with Crippen molar-refractivity contribution in [1.29, 1.82) is 0 Å². The normalized spacial score (nSPS) is 15.5. The standard InChI is InChI=1S/C23H26N2O3/c1-27-20-10-9-16(13-21(20)28-2)23(11-5-6-12-23)15-25-22(26)18-14-24-19-8-4-3-7-17(18)19/h3-4,7-10,13-14,24H,5-6,11-12,15H2,1-2H3,(H,25,26). The second kappa shape index (κ2) is 7.58. The van der Waals surface area contributed by atoms with Gasteiger partial charge in [0.1, 0.15) is 0 Å². The summed E-state index contributed by atoms with van der Waals surface area (Å²) >= 11 is 0. The summed E-state index contributed by atoms with van der Waals surface area (Å²) in [5, 5.41) is 4.14. The Bertz CT molecular complexity index is 986. The maximum atomic E-state index is 12.9. The predicted octanol–water partition coefficient (Wildman–Crippen LogP) is 4.43. The van der Waals surface area contributed by atoms with Crippen LogP contribution in [0.3, 0.4) is 0 Å². The lowest BCUT2D eigenvalue weighted by molar-refractivity contribution is 0.0945. The van der Waals surface area contributed by atoms with Crippen LogP contribution in [0.25, 0.3) is 10.9 Å². The van der Waals surface area contributed by atoms with E-state index in [4.69, 9.17) is 9.47 Å². The van der Waals surface area contributed by atoms with E-state index in [1.54, 1.807) is 20.4 Å². The summed E-state index contributed by atoms with van der Waals surface area (Å²) in [5.41, 5.74) is 2.79. The quantitative estimate of drug-likeness (QED) is 0.667. The van der Waals surface area contributed by atoms with E-state index in [2.05, 4.69) is 22.4 Å². The van der Waals surface area contributed by atoms with Crippen molar-refractivity contribution >= 4 is 16.8 Å². The summed E-state index contributed by atoms with van der Waals surface area (Å²) in [5.74, 6) is 1.42. The monoisotopic (exact) mass is 378 g/mol. The van der Waals surface area contributed by atoms with Crippen LogP contribution in [-0.4, -0.2) is 31.7 Å². The first kappa shape index (κ1) is 18.4. The van der Waals surface area contributed by atoms with E-state index in [1.165, 1.54) is 5.56 Å². The van der Waals surface area contributed by atoms with Gasteiger partial charge in [0.25, 0.3) is 5.91 Å². The van der Waals surface area contributed by atoms with Gasteiger partial charge in [-0.25, -0.2) is 0 Å². The van der Waals surface area contributed by atoms with E-state index >= 15 is 0 Å². The SMILES string of the molecule is COc1ccc(C2(CNC(=O)c3c[nH]c4ccccc34)CCCC2)cc1OC. The summed E-state index contributed by atoms with van der Waals surface area (Å²) in [7, 11) is 3.30. The Morgan fingerprint density at radius 3 is 2.57 bits per heavy atom. The number of aromatic amines is 1. The average Bonchev–Trinajstić information content (AvgIpc) is 3.39. The van der Waals surface area contributed by atoms with Crippen LogP contribution >= 0.6 is 0 Å². The molecule has 1 aliphatic carbocycles. The number of ether oxygens (including phenoxy) is 2. The fraction of sp³-hybridized carbons (Fsp3) is 0.348. The molecule has 0 aliphatic heterocycles. The molecule has 1 heterocycles. The van der Waals surface area contributed by atoms with Crippen molar-refractivity contribution < 1.29 is 14.3 Å². The topological polar surface area (TPSA) is 63.3 Å². The van der Waals surface area contributed by atoms with Crippen molar-refractivity contribution in [3.63, 3.8) is 0 Å². The van der Waals surface area contributed by atoms with Crippen LogP contribution in [0.2, 0.25) is 0 Å². The lowest BCUT2D eigenvalue weighted by atomic mass is 9.78. The molecule has 146 valence electrons. The molecule has 2 N–H and O–H groups in total. The van der Waals surface area contributed by atoms with E-state index in [9.17, 15) is 4.79 Å². The number of fused-ring (bicyclic) bond motifs is 1. The molecule has 0 radical (unpaired) electrons. The fourth-order valence-electron chi connectivity index (χ4n) is 4.39. The summed E-state index contributed by atoms with van der Waals surface area (Å²) in [6.45, 7) is 0.612. The van der Waals surface area contributed by atoms with Gasteiger partial charge in [0, 0.05) is 29.1 Å². The van der Waals surface area contributed by atoms with Gasteiger partial charge in [0.05, 0.1) is 19.8 Å². The van der Waals surface area contributed by atoms with Crippen LogP contribution in [-0.2, 0) is 5.41 Å². The molecule has 0 saturated heterocycles. The molecule has 3 aromatic rings. The molecule has 0 bridgehead atoms. The first-order valence-corrected chi connectivity index (χ1v) is 9.74. The lowest BCUT2D eigenvalue weighted by Crippen LogP contribution is -2.39. The van der Waals surface area contributed by atoms with E-state index in [0.29, 0.717) is 12.1 Å². The molecule has 0 unspecified atom stereocenters. The molecule has 0 spiro atoms. The largest absolute Gasteiger partial charge is 0.493 e. The number of carbonyl (C=O) groups excluding carboxylic acids is 1. The maximum Gasteiger partial charge on any atom is 0.253 e. The zero-order chi connectivity index (χ0) is 19.6. The van der Waals surface area contributed by atoms with Gasteiger partial charge < -0.3 is 19.8 Å². The summed E-state index contributed by atoms with van der Waals surface area (Å²) < 4.78 is 10.9. The molecular formula is C23H26N2O3. The highest BCUT2D eigenvalue weighted by molar-refractivity contribution is 6.06. The summed E-state index contributed by atoms with van der Waals surface area (Å²) in [4.78, 5) is 16.1. The van der Waals surface area contributed by atoms with E-state index < -0.39 is 0 Å². The van der Waals surface area contributed by atoms with Crippen LogP contribution in [0, 0.1) is 0 Å². The van der Waals surface area contributed by atoms with Crippen molar-refractivity contribution in [2.75, 3.05) is 20.8 Å². The van der Waals surface area contributed by atoms with Crippen molar-refractivity contribution in [3.05, 3.63) is 59.8 Å². The molecule has 1 aromatic heterocycles. The smallest absolute Gasteiger partial charge is 0.253 e. The second-order valence-corrected chi connectivity index (χ2v) is 7.49. The Labute approximate surface area is 165 Å². The lowest BCUT2D eigenvalue weighted by Gasteiger charge is -2.30. The zero-order valence-corrected chi connectivity index (χ0v) is 16.4. The number of rotatable bonds is 6. The summed E-state index contributed by atoms with van der Waals surface area (Å²) in [6, 6.07) is 14.0. The van der Waals surface area contributed by atoms with Crippen LogP contribution < -0.4 is 14.8 Å². The minimum atomic E-state index is -0.0681. The van der Waals surface area contributed by atoms with Crippen molar-refractivity contribution in [2.45, 2.75) is 31.1 Å². The Balaban J connectivity index is 1.58. The van der Waals surface area contributed by atoms with Crippen LogP contribution in [0.4, 0.5) is 0 Å². The molecular weight excluding hydrogens is 352 g/mol. The molecule has 1 fully saturated rings. The molecule has 4 rings (SSSR count). The first-order valence-electron chi connectivity index (χ1n) is 9.74. The molecule has 2 aromatic carbocycles. The van der Waals surface area contributed by atoms with Gasteiger partial charge >= 0.3 is 0 Å². The van der Waals surface area contributed by atoms with Crippen molar-refractivity contribution in [1.82, 2.24) is 10.3 Å². The minimum Gasteiger partial charge on any atom is -0.493 e. The van der Waals surface area contributed by atoms with Crippen LogP contribution in [0.15, 0.2) is 48.7 Å². The number of methoxy groups -OCH3 is 2. The van der Waals surface area contributed by atoms with Gasteiger partial charge in [0.2, 0.25) is 0 Å². The fourth-order valence-corrected chi connectivity index (χ4v) is 4.39. The van der Waals surface area contributed by atoms with Gasteiger partial charge in [-0.2, -0.15) is 0 Å². The Kier molecular flexibility index (Phi) is 4.99. The number of para-hydroxylation sites is 1. The average molecular weight is 378 g/mol. The van der Waals surface area contributed by atoms with Gasteiger partial charge in [-0.05, 0) is 36.6 Å². The molecule has 1 aliphatic rings. The molecule has 1 saturated carbocycles. The Hall–Kier alpha value is -2.95. The van der Waals surface area contributed by atoms with Gasteiger partial charge in [-0.1, -0.05) is 37.1 Å². The molecule has 5 nitrogen and oxygen atoms in total. The first-order chi connectivity index (χ1) is 13.7. The number of benzene rings is 2. The van der Waals surface area contributed by atoms with Crippen LogP contribution in [0.1, 0.15) is 41.6 Å². The highest BCUT2D eigenvalue weighted by Crippen LogP contribution is 2.43. The van der Waals surface area contributed by atoms with Gasteiger partial charge in [0.15, 0.2) is 11.5 Å². The highest BCUT2D eigenvalue weighted by atomic mass is 16.5. The minimum absolute atomic E-state index is 0.0378. The van der Waals surface area contributed by atoms with Crippen LogP contribution in [0.5, 0.6) is 11.5 Å². The molecule has 28 heavy (non-hydrogen) atoms. The number of aromatic nitrogens is 1. The Morgan fingerprint density at radius 1 is 1.07 bits per heavy atom. The van der Waals surface area contributed by atoms with Crippen molar-refractivity contribution in [2.24, 2.45) is 0 Å². The zero-order valence-electron chi connectivity index (χ0n) is 16.4. The van der Waals surface area contributed by atoms with E-state index in [1.807, 2.05) is 30.3 Å². The maximum absolute atomic E-state index is 12.9. The van der Waals surface area contributed by atoms with Crippen molar-refractivity contribution in [3.8, 4) is 11.5 Å². The van der Waals surface area contributed by atoms with E-state index in [-0.39, 0.29) is 11.3 Å². The molecule has 5 heteroatoms. The number of hydrogen-bond acceptors (Lipinski definition) is 3. The third-order valence-electron chi connectivity index (χ3n) is 5.98. The Morgan fingerprint density at radius 2 is 1.82 bits per heavy atom. The second-order valence-electron chi connectivity index (χ2n) is 7.49. The van der Waals surface area contributed by atoms with Gasteiger partial charge in [-0.3, -0.25) is 4.79 Å². The van der Waals surface area contributed by atoms with E-state index in [0.717, 1.165) is 48.1 Å². The number of nitrogens with one attached hydrogen (secondary N) is 2. The number of H-pyrrole nitrogens is 1. The molecule has 0 atom stereocenters. The summed E-state index contributed by atoms with van der Waals surface area (Å²) in [6.07, 6.45) is 6.22. The number of carbonyl (C=O) groups is 1. The van der Waals surface area contributed by atoms with Gasteiger partial charge in [-0.15, -0.1) is 0 Å². The number of amides is 1. The third-order valence-corrected chi connectivity index (χ3v) is 5.98.